The number of pyridine rings is 1. The molecule has 142 valence electrons. The molecule has 4 rings (SSSR count). The first kappa shape index (κ1) is 17.8. The van der Waals surface area contributed by atoms with E-state index in [2.05, 4.69) is 20.5 Å². The molecule has 0 radical (unpaired) electrons. The number of nitrogens with zero attached hydrogens (tertiary/aromatic N) is 2. The summed E-state index contributed by atoms with van der Waals surface area (Å²) in [4.78, 5) is 31.5. The van der Waals surface area contributed by atoms with Gasteiger partial charge >= 0.3 is 0 Å². The highest BCUT2D eigenvalue weighted by Gasteiger charge is 2.20. The molecule has 0 spiro atoms. The van der Waals surface area contributed by atoms with E-state index in [1.54, 1.807) is 54.7 Å². The molecule has 1 aliphatic rings. The van der Waals surface area contributed by atoms with Gasteiger partial charge in [0, 0.05) is 30.7 Å². The van der Waals surface area contributed by atoms with Crippen LogP contribution in [-0.2, 0) is 0 Å². The summed E-state index contributed by atoms with van der Waals surface area (Å²) < 4.78 is 5.09. The quantitative estimate of drug-likeness (QED) is 0.708. The zero-order chi connectivity index (χ0) is 19.3. The molecule has 3 aromatic rings. The Morgan fingerprint density at radius 3 is 2.39 bits per heavy atom. The molecule has 28 heavy (non-hydrogen) atoms. The average Bonchev–Trinajstić information content (AvgIpc) is 3.42. The molecular weight excluding hydrogens is 356 g/mol. The fraction of sp³-hybridized carbons (Fsp3) is 0.190. The number of hydrogen-bond acceptors (Lipinski definition) is 5. The second kappa shape index (κ2) is 7.96. The standard InChI is InChI=1S/C21H20N4O3/c26-20(17-8-4-10-22-19(17)25-11-1-2-12-25)23-15-6-3-7-16(14-15)24-21(27)18-9-5-13-28-18/h3-10,13-14H,1-2,11-12H2,(H,23,26)(H,24,27). The molecule has 1 aromatic carbocycles. The van der Waals surface area contributed by atoms with Crippen molar-refractivity contribution in [2.24, 2.45) is 0 Å². The number of aromatic nitrogens is 1. The third-order valence-electron chi connectivity index (χ3n) is 4.56. The normalized spacial score (nSPS) is 13.4. The summed E-state index contributed by atoms with van der Waals surface area (Å²) in [5, 5.41) is 5.64. The zero-order valence-electron chi connectivity index (χ0n) is 15.2. The van der Waals surface area contributed by atoms with Crippen LogP contribution in [0.25, 0.3) is 0 Å². The van der Waals surface area contributed by atoms with Crippen molar-refractivity contribution in [2.75, 3.05) is 28.6 Å². The molecule has 1 aliphatic heterocycles. The summed E-state index contributed by atoms with van der Waals surface area (Å²) >= 11 is 0. The number of carbonyl (C=O) groups is 2. The first-order valence-corrected chi connectivity index (χ1v) is 9.17. The van der Waals surface area contributed by atoms with E-state index in [1.165, 1.54) is 6.26 Å². The van der Waals surface area contributed by atoms with Gasteiger partial charge in [0.1, 0.15) is 5.82 Å². The fourth-order valence-corrected chi connectivity index (χ4v) is 3.23. The highest BCUT2D eigenvalue weighted by Crippen LogP contribution is 2.23. The number of amides is 2. The van der Waals surface area contributed by atoms with Crippen LogP contribution in [0.3, 0.4) is 0 Å². The van der Waals surface area contributed by atoms with E-state index in [9.17, 15) is 9.59 Å². The fourth-order valence-electron chi connectivity index (χ4n) is 3.23. The Bertz CT molecular complexity index is 979. The van der Waals surface area contributed by atoms with Crippen LogP contribution in [0.5, 0.6) is 0 Å². The van der Waals surface area contributed by atoms with E-state index in [1.807, 2.05) is 0 Å². The van der Waals surface area contributed by atoms with Gasteiger partial charge in [0.25, 0.3) is 11.8 Å². The minimum Gasteiger partial charge on any atom is -0.459 e. The monoisotopic (exact) mass is 376 g/mol. The molecule has 3 heterocycles. The molecule has 1 fully saturated rings. The molecule has 0 bridgehead atoms. The van der Waals surface area contributed by atoms with Crippen molar-refractivity contribution in [3.63, 3.8) is 0 Å². The van der Waals surface area contributed by atoms with Gasteiger partial charge in [-0.2, -0.15) is 0 Å². The van der Waals surface area contributed by atoms with Crippen LogP contribution in [-0.4, -0.2) is 29.9 Å². The van der Waals surface area contributed by atoms with Crippen molar-refractivity contribution >= 4 is 29.0 Å². The number of anilines is 3. The number of carbonyl (C=O) groups excluding carboxylic acids is 2. The zero-order valence-corrected chi connectivity index (χ0v) is 15.2. The van der Waals surface area contributed by atoms with Gasteiger partial charge in [-0.15, -0.1) is 0 Å². The number of furan rings is 1. The summed E-state index contributed by atoms with van der Waals surface area (Å²) in [5.41, 5.74) is 1.68. The van der Waals surface area contributed by atoms with E-state index in [0.717, 1.165) is 25.9 Å². The second-order valence-corrected chi connectivity index (χ2v) is 6.54. The van der Waals surface area contributed by atoms with E-state index in [4.69, 9.17) is 4.42 Å². The van der Waals surface area contributed by atoms with Crippen LogP contribution in [0.2, 0.25) is 0 Å². The minimum atomic E-state index is -0.350. The third-order valence-corrected chi connectivity index (χ3v) is 4.56. The summed E-state index contributed by atoms with van der Waals surface area (Å²) in [6.45, 7) is 1.82. The lowest BCUT2D eigenvalue weighted by atomic mass is 10.2. The van der Waals surface area contributed by atoms with Crippen molar-refractivity contribution in [1.29, 1.82) is 0 Å². The molecule has 7 heteroatoms. The maximum Gasteiger partial charge on any atom is 0.291 e. The van der Waals surface area contributed by atoms with E-state index in [-0.39, 0.29) is 17.6 Å². The van der Waals surface area contributed by atoms with Gasteiger partial charge in [0.15, 0.2) is 5.76 Å². The summed E-state index contributed by atoms with van der Waals surface area (Å²) in [5.74, 6) is 0.349. The summed E-state index contributed by atoms with van der Waals surface area (Å²) in [6.07, 6.45) is 5.36. The van der Waals surface area contributed by atoms with Crippen LogP contribution < -0.4 is 15.5 Å². The number of hydrogen-bond donors (Lipinski definition) is 2. The average molecular weight is 376 g/mol. The van der Waals surface area contributed by atoms with Crippen molar-refractivity contribution in [1.82, 2.24) is 4.98 Å². The van der Waals surface area contributed by atoms with Crippen LogP contribution in [0.15, 0.2) is 65.4 Å². The lowest BCUT2D eigenvalue weighted by Gasteiger charge is -2.19. The second-order valence-electron chi connectivity index (χ2n) is 6.54. The molecule has 0 atom stereocenters. The number of benzene rings is 1. The summed E-state index contributed by atoms with van der Waals surface area (Å²) in [7, 11) is 0. The molecule has 1 saturated heterocycles. The van der Waals surface area contributed by atoms with Crippen molar-refractivity contribution < 1.29 is 14.0 Å². The van der Waals surface area contributed by atoms with E-state index in [0.29, 0.717) is 22.8 Å². The Morgan fingerprint density at radius 2 is 1.68 bits per heavy atom. The molecule has 2 aromatic heterocycles. The van der Waals surface area contributed by atoms with Crippen molar-refractivity contribution in [3.05, 3.63) is 72.3 Å². The SMILES string of the molecule is O=C(Nc1cccc(NC(=O)c2cccnc2N2CCCC2)c1)c1ccco1. The van der Waals surface area contributed by atoms with Gasteiger partial charge in [0.2, 0.25) is 0 Å². The first-order chi connectivity index (χ1) is 13.7. The first-order valence-electron chi connectivity index (χ1n) is 9.17. The van der Waals surface area contributed by atoms with Gasteiger partial charge in [-0.25, -0.2) is 4.98 Å². The van der Waals surface area contributed by atoms with Crippen LogP contribution >= 0.6 is 0 Å². The molecule has 7 nitrogen and oxygen atoms in total. The molecule has 2 amide bonds. The Kier molecular flexibility index (Phi) is 5.05. The van der Waals surface area contributed by atoms with Crippen LogP contribution in [0, 0.1) is 0 Å². The van der Waals surface area contributed by atoms with E-state index < -0.39 is 0 Å². The van der Waals surface area contributed by atoms with Crippen LogP contribution in [0.4, 0.5) is 17.2 Å². The van der Waals surface area contributed by atoms with Gasteiger partial charge in [-0.3, -0.25) is 9.59 Å². The maximum atomic E-state index is 12.8. The maximum absolute atomic E-state index is 12.8. The molecule has 2 N–H and O–H groups in total. The van der Waals surface area contributed by atoms with Crippen molar-refractivity contribution in [2.45, 2.75) is 12.8 Å². The largest absolute Gasteiger partial charge is 0.459 e. The smallest absolute Gasteiger partial charge is 0.291 e. The molecule has 0 unspecified atom stereocenters. The van der Waals surface area contributed by atoms with Gasteiger partial charge in [-0.05, 0) is 55.3 Å². The Labute approximate surface area is 162 Å². The predicted molar refractivity (Wildman–Crippen MR) is 107 cm³/mol. The van der Waals surface area contributed by atoms with E-state index >= 15 is 0 Å². The Morgan fingerprint density at radius 1 is 0.929 bits per heavy atom. The topological polar surface area (TPSA) is 87.5 Å². The predicted octanol–water partition coefficient (Wildman–Crippen LogP) is 3.78. The number of nitrogens with one attached hydrogen (secondary N) is 2. The Hall–Kier alpha value is -3.61. The Balaban J connectivity index is 1.49. The highest BCUT2D eigenvalue weighted by atomic mass is 16.3. The number of rotatable bonds is 5. The molecule has 0 saturated carbocycles. The molecular formula is C21H20N4O3. The lowest BCUT2D eigenvalue weighted by Crippen LogP contribution is -2.24. The van der Waals surface area contributed by atoms with Gasteiger partial charge < -0.3 is 20.0 Å². The van der Waals surface area contributed by atoms with Gasteiger partial charge in [0.05, 0.1) is 11.8 Å². The summed E-state index contributed by atoms with van der Waals surface area (Å²) in [6, 6.07) is 13.7. The van der Waals surface area contributed by atoms with Gasteiger partial charge in [-0.1, -0.05) is 6.07 Å². The lowest BCUT2D eigenvalue weighted by molar-refractivity contribution is 0.0995. The van der Waals surface area contributed by atoms with Crippen LogP contribution in [0.1, 0.15) is 33.8 Å². The molecule has 0 aliphatic carbocycles. The third kappa shape index (κ3) is 3.88. The highest BCUT2D eigenvalue weighted by molar-refractivity contribution is 6.08. The minimum absolute atomic E-state index is 0.222. The van der Waals surface area contributed by atoms with Crippen molar-refractivity contribution in [3.8, 4) is 0 Å².